The first-order valence-corrected chi connectivity index (χ1v) is 11.1. The van der Waals surface area contributed by atoms with Crippen LogP contribution >= 0.6 is 15.9 Å². The van der Waals surface area contributed by atoms with Gasteiger partial charge in [0.2, 0.25) is 0 Å². The highest BCUT2D eigenvalue weighted by molar-refractivity contribution is 9.10. The zero-order valence-corrected chi connectivity index (χ0v) is 19.6. The summed E-state index contributed by atoms with van der Waals surface area (Å²) in [6.45, 7) is 2.65. The van der Waals surface area contributed by atoms with Gasteiger partial charge in [-0.3, -0.25) is 4.79 Å². The highest BCUT2D eigenvalue weighted by Gasteiger charge is 2.08. The monoisotopic (exact) mass is 506 g/mol. The Morgan fingerprint density at radius 2 is 1.79 bits per heavy atom. The van der Waals surface area contributed by atoms with Crippen LogP contribution in [0.25, 0.3) is 6.08 Å². The van der Waals surface area contributed by atoms with Gasteiger partial charge in [0.15, 0.2) is 0 Å². The van der Waals surface area contributed by atoms with E-state index in [-0.39, 0.29) is 5.91 Å². The van der Waals surface area contributed by atoms with Gasteiger partial charge < -0.3 is 9.47 Å². The van der Waals surface area contributed by atoms with E-state index in [1.54, 1.807) is 48.5 Å². The largest absolute Gasteiger partial charge is 0.494 e. The van der Waals surface area contributed by atoms with E-state index in [4.69, 9.17) is 9.47 Å². The third-order valence-corrected chi connectivity index (χ3v) is 4.85. The van der Waals surface area contributed by atoms with Gasteiger partial charge in [0.05, 0.1) is 12.8 Å². The number of esters is 1. The van der Waals surface area contributed by atoms with Gasteiger partial charge in [-0.25, -0.2) is 10.2 Å². The molecule has 33 heavy (non-hydrogen) atoms. The van der Waals surface area contributed by atoms with E-state index in [1.165, 1.54) is 12.3 Å². The first kappa shape index (κ1) is 23.9. The number of nitrogens with one attached hydrogen (secondary N) is 1. The molecular formula is C26H23BrN2O4. The Morgan fingerprint density at radius 1 is 1.03 bits per heavy atom. The van der Waals surface area contributed by atoms with Crippen molar-refractivity contribution in [3.63, 3.8) is 0 Å². The fourth-order valence-corrected chi connectivity index (χ4v) is 3.11. The molecule has 0 aliphatic heterocycles. The van der Waals surface area contributed by atoms with Crippen molar-refractivity contribution in [2.45, 2.75) is 13.3 Å². The predicted octanol–water partition coefficient (Wildman–Crippen LogP) is 5.62. The number of amides is 1. The van der Waals surface area contributed by atoms with Crippen molar-refractivity contribution in [1.29, 1.82) is 0 Å². The van der Waals surface area contributed by atoms with Crippen molar-refractivity contribution >= 4 is 40.1 Å². The fraction of sp³-hybridized carbons (Fsp3) is 0.115. The molecule has 0 bridgehead atoms. The zero-order chi connectivity index (χ0) is 23.5. The molecular weight excluding hydrogens is 484 g/mol. The molecule has 0 fully saturated rings. The molecule has 0 aromatic heterocycles. The van der Waals surface area contributed by atoms with Gasteiger partial charge in [-0.1, -0.05) is 53.2 Å². The van der Waals surface area contributed by atoms with Crippen LogP contribution in [0.3, 0.4) is 0 Å². The van der Waals surface area contributed by atoms with Crippen molar-refractivity contribution < 1.29 is 19.1 Å². The van der Waals surface area contributed by atoms with Crippen LogP contribution in [0.4, 0.5) is 0 Å². The quantitative estimate of drug-likeness (QED) is 0.134. The Bertz CT molecular complexity index is 1140. The second-order valence-electron chi connectivity index (χ2n) is 6.92. The normalized spacial score (nSPS) is 11.0. The molecule has 0 unspecified atom stereocenters. The molecule has 0 aliphatic carbocycles. The van der Waals surface area contributed by atoms with Crippen LogP contribution in [0.5, 0.6) is 11.5 Å². The number of benzene rings is 3. The van der Waals surface area contributed by atoms with Crippen LogP contribution in [-0.2, 0) is 4.79 Å². The van der Waals surface area contributed by atoms with E-state index < -0.39 is 5.97 Å². The van der Waals surface area contributed by atoms with E-state index in [9.17, 15) is 9.59 Å². The maximum absolute atomic E-state index is 12.3. The zero-order valence-electron chi connectivity index (χ0n) is 18.0. The second kappa shape index (κ2) is 12.4. The van der Waals surface area contributed by atoms with Gasteiger partial charge in [-0.05, 0) is 60.5 Å². The topological polar surface area (TPSA) is 77.0 Å². The number of carbonyl (C=O) groups is 2. The summed E-state index contributed by atoms with van der Waals surface area (Å²) in [5, 5.41) is 4.01. The predicted molar refractivity (Wildman–Crippen MR) is 133 cm³/mol. The molecule has 0 saturated carbocycles. The van der Waals surface area contributed by atoms with Gasteiger partial charge in [-0.15, -0.1) is 0 Å². The van der Waals surface area contributed by atoms with E-state index >= 15 is 0 Å². The van der Waals surface area contributed by atoms with Gasteiger partial charge in [0.25, 0.3) is 5.91 Å². The summed E-state index contributed by atoms with van der Waals surface area (Å²) in [5.74, 6) is 0.132. The molecule has 0 aliphatic rings. The lowest BCUT2D eigenvalue weighted by Crippen LogP contribution is -2.17. The summed E-state index contributed by atoms with van der Waals surface area (Å²) < 4.78 is 11.7. The van der Waals surface area contributed by atoms with Gasteiger partial charge >= 0.3 is 5.97 Å². The molecule has 3 aromatic rings. The summed E-state index contributed by atoms with van der Waals surface area (Å²) >= 11 is 3.39. The van der Waals surface area contributed by atoms with Crippen LogP contribution in [0.15, 0.2) is 88.4 Å². The number of nitrogens with zero attached hydrogens (tertiary/aromatic N) is 1. The number of halogens is 1. The molecule has 3 rings (SSSR count). The minimum atomic E-state index is -0.523. The Morgan fingerprint density at radius 3 is 2.52 bits per heavy atom. The molecule has 0 spiro atoms. The Balaban J connectivity index is 1.63. The molecule has 3 aromatic carbocycles. The first-order chi connectivity index (χ1) is 16.0. The first-order valence-electron chi connectivity index (χ1n) is 10.4. The Kier molecular flexibility index (Phi) is 8.97. The summed E-state index contributed by atoms with van der Waals surface area (Å²) in [5.41, 5.74) is 4.34. The van der Waals surface area contributed by atoms with E-state index in [2.05, 4.69) is 26.5 Å². The lowest BCUT2D eigenvalue weighted by Gasteiger charge is -2.07. The van der Waals surface area contributed by atoms with E-state index in [0.29, 0.717) is 29.2 Å². The van der Waals surface area contributed by atoms with Gasteiger partial charge in [0, 0.05) is 21.7 Å². The number of ether oxygens (including phenoxy) is 2. The molecule has 6 nitrogen and oxygen atoms in total. The maximum Gasteiger partial charge on any atom is 0.336 e. The molecule has 1 N–H and O–H groups in total. The lowest BCUT2D eigenvalue weighted by atomic mass is 10.2. The average Bonchev–Trinajstić information content (AvgIpc) is 2.84. The molecule has 0 radical (unpaired) electrons. The van der Waals surface area contributed by atoms with E-state index in [0.717, 1.165) is 16.5 Å². The van der Waals surface area contributed by atoms with Crippen molar-refractivity contribution in [1.82, 2.24) is 5.43 Å². The number of hydrazone groups is 1. The van der Waals surface area contributed by atoms with E-state index in [1.807, 2.05) is 37.3 Å². The maximum atomic E-state index is 12.3. The van der Waals surface area contributed by atoms with Crippen molar-refractivity contribution in [3.8, 4) is 11.5 Å². The molecule has 168 valence electrons. The fourth-order valence-electron chi connectivity index (χ4n) is 2.73. The van der Waals surface area contributed by atoms with Crippen LogP contribution < -0.4 is 14.9 Å². The molecule has 0 saturated heterocycles. The third-order valence-electron chi connectivity index (χ3n) is 4.35. The summed E-state index contributed by atoms with van der Waals surface area (Å²) in [7, 11) is 0. The average molecular weight is 507 g/mol. The van der Waals surface area contributed by atoms with Crippen molar-refractivity contribution in [2.24, 2.45) is 5.10 Å². The second-order valence-corrected chi connectivity index (χ2v) is 7.83. The van der Waals surface area contributed by atoms with Crippen LogP contribution in [0, 0.1) is 0 Å². The van der Waals surface area contributed by atoms with Gasteiger partial charge in [-0.2, -0.15) is 5.10 Å². The third kappa shape index (κ3) is 7.73. The highest BCUT2D eigenvalue weighted by atomic mass is 79.9. The number of carbonyl (C=O) groups excluding carboxylic acids is 2. The molecule has 7 heteroatoms. The number of hydrogen-bond donors (Lipinski definition) is 1. The summed E-state index contributed by atoms with van der Waals surface area (Å²) in [6, 6.07) is 21.4. The van der Waals surface area contributed by atoms with Gasteiger partial charge in [0.1, 0.15) is 11.5 Å². The van der Waals surface area contributed by atoms with Crippen LogP contribution in [-0.4, -0.2) is 24.7 Å². The van der Waals surface area contributed by atoms with Crippen molar-refractivity contribution in [3.05, 3.63) is 100 Å². The molecule has 1 amide bonds. The lowest BCUT2D eigenvalue weighted by molar-refractivity contribution is -0.128. The minimum Gasteiger partial charge on any atom is -0.494 e. The van der Waals surface area contributed by atoms with Crippen LogP contribution in [0.2, 0.25) is 0 Å². The molecule has 0 atom stereocenters. The Hall–Kier alpha value is -3.71. The highest BCUT2D eigenvalue weighted by Crippen LogP contribution is 2.22. The number of hydrogen-bond acceptors (Lipinski definition) is 5. The standard InChI is InChI=1S/C26H23BrN2O4/c1-2-16-32-23-12-9-20(10-13-23)26(31)29-28-18-21-17-22(27)11-14-24(21)33-25(30)15-8-19-6-4-3-5-7-19/h3-15,17-18H,2,16H2,1H3,(H,29,31). The summed E-state index contributed by atoms with van der Waals surface area (Å²) in [4.78, 5) is 24.6. The Labute approximate surface area is 201 Å². The number of rotatable bonds is 9. The van der Waals surface area contributed by atoms with Crippen LogP contribution in [0.1, 0.15) is 34.8 Å². The summed E-state index contributed by atoms with van der Waals surface area (Å²) in [6.07, 6.45) is 5.36. The SMILES string of the molecule is CCCOc1ccc(C(=O)NN=Cc2cc(Br)ccc2OC(=O)C=Cc2ccccc2)cc1. The van der Waals surface area contributed by atoms with Crippen molar-refractivity contribution in [2.75, 3.05) is 6.61 Å². The minimum absolute atomic E-state index is 0.316. The smallest absolute Gasteiger partial charge is 0.336 e. The molecule has 0 heterocycles.